The lowest BCUT2D eigenvalue weighted by Crippen LogP contribution is -2.65. The van der Waals surface area contributed by atoms with E-state index in [1.807, 2.05) is 40.1 Å². The van der Waals surface area contributed by atoms with E-state index in [0.29, 0.717) is 24.5 Å². The SMILES string of the molecule is CC(C)(C)C1CCC(NC(=O)N2CCC3(CC2)CN(c2ccccc2)C3=O)CC1. The number of piperidine rings is 1. The Balaban J connectivity index is 1.24. The number of nitrogens with zero attached hydrogens (tertiary/aromatic N) is 2. The zero-order valence-corrected chi connectivity index (χ0v) is 18.1. The van der Waals surface area contributed by atoms with Crippen molar-refractivity contribution in [3.63, 3.8) is 0 Å². The number of urea groups is 1. The number of hydrogen-bond donors (Lipinski definition) is 1. The van der Waals surface area contributed by atoms with Crippen molar-refractivity contribution in [2.45, 2.75) is 65.3 Å². The number of rotatable bonds is 2. The highest BCUT2D eigenvalue weighted by Crippen LogP contribution is 2.44. The molecule has 3 fully saturated rings. The van der Waals surface area contributed by atoms with E-state index < -0.39 is 0 Å². The predicted octanol–water partition coefficient (Wildman–Crippen LogP) is 4.43. The van der Waals surface area contributed by atoms with E-state index in [2.05, 4.69) is 26.1 Å². The number of carbonyl (C=O) groups excluding carboxylic acids is 2. The Morgan fingerprint density at radius 2 is 1.66 bits per heavy atom. The molecular formula is C24H35N3O2. The average Bonchev–Trinajstić information content (AvgIpc) is 2.72. The van der Waals surface area contributed by atoms with Crippen LogP contribution >= 0.6 is 0 Å². The second-order valence-corrected chi connectivity index (χ2v) is 10.4. The van der Waals surface area contributed by atoms with Gasteiger partial charge in [0.05, 0.1) is 5.41 Å². The molecule has 1 saturated carbocycles. The molecule has 1 spiro atoms. The van der Waals surface area contributed by atoms with Gasteiger partial charge < -0.3 is 15.1 Å². The van der Waals surface area contributed by atoms with Gasteiger partial charge >= 0.3 is 6.03 Å². The van der Waals surface area contributed by atoms with E-state index in [4.69, 9.17) is 0 Å². The van der Waals surface area contributed by atoms with Crippen LogP contribution in [0.3, 0.4) is 0 Å². The summed E-state index contributed by atoms with van der Waals surface area (Å²) in [5, 5.41) is 3.26. The summed E-state index contributed by atoms with van der Waals surface area (Å²) >= 11 is 0. The second-order valence-electron chi connectivity index (χ2n) is 10.4. The maximum atomic E-state index is 12.9. The Bertz CT molecular complexity index is 739. The lowest BCUT2D eigenvalue weighted by molar-refractivity contribution is -0.138. The molecule has 1 aliphatic carbocycles. The van der Waals surface area contributed by atoms with Crippen LogP contribution in [0.25, 0.3) is 0 Å². The fourth-order valence-electron chi connectivity index (χ4n) is 5.33. The van der Waals surface area contributed by atoms with Crippen molar-refractivity contribution in [1.29, 1.82) is 0 Å². The summed E-state index contributed by atoms with van der Waals surface area (Å²) in [5.74, 6) is 0.979. The molecule has 2 heterocycles. The lowest BCUT2D eigenvalue weighted by atomic mass is 9.70. The highest BCUT2D eigenvalue weighted by atomic mass is 16.2. The van der Waals surface area contributed by atoms with E-state index in [9.17, 15) is 9.59 Å². The molecule has 0 aromatic heterocycles. The highest BCUT2D eigenvalue weighted by Gasteiger charge is 2.53. The van der Waals surface area contributed by atoms with Crippen LogP contribution in [0.2, 0.25) is 0 Å². The quantitative estimate of drug-likeness (QED) is 0.751. The van der Waals surface area contributed by atoms with Crippen LogP contribution in [0.1, 0.15) is 59.3 Å². The van der Waals surface area contributed by atoms with Crippen LogP contribution in [0.15, 0.2) is 30.3 Å². The monoisotopic (exact) mass is 397 g/mol. The number of likely N-dealkylation sites (tertiary alicyclic amines) is 1. The van der Waals surface area contributed by atoms with Gasteiger partial charge in [0.25, 0.3) is 0 Å². The molecule has 0 radical (unpaired) electrons. The maximum absolute atomic E-state index is 12.9. The van der Waals surface area contributed by atoms with Gasteiger partial charge in [-0.25, -0.2) is 4.79 Å². The molecule has 0 atom stereocenters. The number of hydrogen-bond acceptors (Lipinski definition) is 2. The third-order valence-corrected chi connectivity index (χ3v) is 7.51. The predicted molar refractivity (Wildman–Crippen MR) is 116 cm³/mol. The number of carbonyl (C=O) groups is 2. The van der Waals surface area contributed by atoms with Gasteiger partial charge in [0.2, 0.25) is 5.91 Å². The summed E-state index contributed by atoms with van der Waals surface area (Å²) in [5.41, 5.74) is 1.09. The fourth-order valence-corrected chi connectivity index (χ4v) is 5.33. The third-order valence-electron chi connectivity index (χ3n) is 7.51. The molecular weight excluding hydrogens is 362 g/mol. The Hall–Kier alpha value is -2.04. The summed E-state index contributed by atoms with van der Waals surface area (Å²) in [6, 6.07) is 10.2. The van der Waals surface area contributed by atoms with Gasteiger partial charge in [-0.05, 0) is 62.0 Å². The molecule has 29 heavy (non-hydrogen) atoms. The molecule has 2 saturated heterocycles. The van der Waals surface area contributed by atoms with Gasteiger partial charge in [-0.1, -0.05) is 39.0 Å². The highest BCUT2D eigenvalue weighted by molar-refractivity contribution is 6.04. The van der Waals surface area contributed by atoms with Crippen LogP contribution in [-0.2, 0) is 4.79 Å². The first-order valence-corrected chi connectivity index (χ1v) is 11.2. The molecule has 0 unspecified atom stereocenters. The van der Waals surface area contributed by atoms with Crippen molar-refractivity contribution in [2.75, 3.05) is 24.5 Å². The number of anilines is 1. The molecule has 2 aliphatic heterocycles. The Morgan fingerprint density at radius 3 is 2.21 bits per heavy atom. The molecule has 5 heteroatoms. The van der Waals surface area contributed by atoms with E-state index >= 15 is 0 Å². The van der Waals surface area contributed by atoms with Gasteiger partial charge in [-0.3, -0.25) is 4.79 Å². The van der Waals surface area contributed by atoms with Gasteiger partial charge in [-0.15, -0.1) is 0 Å². The normalized spacial score (nSPS) is 26.9. The largest absolute Gasteiger partial charge is 0.335 e. The van der Waals surface area contributed by atoms with Gasteiger partial charge in [0, 0.05) is 31.4 Å². The number of amides is 3. The lowest BCUT2D eigenvalue weighted by Gasteiger charge is -2.52. The first kappa shape index (κ1) is 20.2. The number of para-hydroxylation sites is 1. The van der Waals surface area contributed by atoms with Crippen molar-refractivity contribution in [3.05, 3.63) is 30.3 Å². The zero-order chi connectivity index (χ0) is 20.6. The van der Waals surface area contributed by atoms with Crippen LogP contribution in [0, 0.1) is 16.7 Å². The van der Waals surface area contributed by atoms with E-state index in [-0.39, 0.29) is 17.4 Å². The van der Waals surface area contributed by atoms with Crippen molar-refractivity contribution in [2.24, 2.45) is 16.7 Å². The summed E-state index contributed by atoms with van der Waals surface area (Å²) in [6.07, 6.45) is 6.10. The molecule has 1 aromatic rings. The van der Waals surface area contributed by atoms with Crippen LogP contribution in [0.4, 0.5) is 10.5 Å². The van der Waals surface area contributed by atoms with Gasteiger partial charge in [0.15, 0.2) is 0 Å². The molecule has 4 rings (SSSR count). The Labute approximate surface area is 174 Å². The molecule has 5 nitrogen and oxygen atoms in total. The van der Waals surface area contributed by atoms with Crippen molar-refractivity contribution >= 4 is 17.6 Å². The minimum absolute atomic E-state index is 0.0609. The second kappa shape index (κ2) is 7.66. The maximum Gasteiger partial charge on any atom is 0.317 e. The molecule has 3 amide bonds. The molecule has 158 valence electrons. The molecule has 1 aromatic carbocycles. The van der Waals surface area contributed by atoms with E-state index in [0.717, 1.165) is 43.8 Å². The summed E-state index contributed by atoms with van der Waals surface area (Å²) in [6.45, 7) is 9.10. The number of benzene rings is 1. The topological polar surface area (TPSA) is 52.7 Å². The standard InChI is InChI=1S/C24H35N3O2/c1-23(2,3)18-9-11-19(12-10-18)25-22(29)26-15-13-24(14-16-26)17-27(21(24)28)20-7-5-4-6-8-20/h4-8,18-19H,9-17H2,1-3H3,(H,25,29). The first-order valence-electron chi connectivity index (χ1n) is 11.2. The fraction of sp³-hybridized carbons (Fsp3) is 0.667. The first-order chi connectivity index (χ1) is 13.8. The summed E-state index contributed by atoms with van der Waals surface area (Å²) in [7, 11) is 0. The van der Waals surface area contributed by atoms with Crippen LogP contribution in [-0.4, -0.2) is 42.5 Å². The molecule has 0 bridgehead atoms. The number of β-lactam (4-membered cyclic amide) rings is 1. The minimum atomic E-state index is -0.253. The molecule has 1 N–H and O–H groups in total. The van der Waals surface area contributed by atoms with Crippen molar-refractivity contribution in [1.82, 2.24) is 10.2 Å². The summed E-state index contributed by atoms with van der Waals surface area (Å²) in [4.78, 5) is 29.4. The van der Waals surface area contributed by atoms with Crippen molar-refractivity contribution < 1.29 is 9.59 Å². The molecule has 3 aliphatic rings. The minimum Gasteiger partial charge on any atom is -0.335 e. The Morgan fingerprint density at radius 1 is 1.03 bits per heavy atom. The third kappa shape index (κ3) is 4.01. The van der Waals surface area contributed by atoms with Crippen LogP contribution < -0.4 is 10.2 Å². The smallest absolute Gasteiger partial charge is 0.317 e. The average molecular weight is 398 g/mol. The Kier molecular flexibility index (Phi) is 5.34. The van der Waals surface area contributed by atoms with E-state index in [1.54, 1.807) is 0 Å². The zero-order valence-electron chi connectivity index (χ0n) is 18.1. The van der Waals surface area contributed by atoms with Crippen molar-refractivity contribution in [3.8, 4) is 0 Å². The number of nitrogens with one attached hydrogen (secondary N) is 1. The van der Waals surface area contributed by atoms with Gasteiger partial charge in [-0.2, -0.15) is 0 Å². The van der Waals surface area contributed by atoms with Gasteiger partial charge in [0.1, 0.15) is 0 Å². The van der Waals surface area contributed by atoms with E-state index in [1.165, 1.54) is 12.8 Å². The van der Waals surface area contributed by atoms with Crippen LogP contribution in [0.5, 0.6) is 0 Å². The summed E-state index contributed by atoms with van der Waals surface area (Å²) < 4.78 is 0.